The van der Waals surface area contributed by atoms with Gasteiger partial charge in [-0.15, -0.1) is 0 Å². The summed E-state index contributed by atoms with van der Waals surface area (Å²) >= 11 is 0. The second kappa shape index (κ2) is 7.60. The normalized spacial score (nSPS) is 24.1. The first-order chi connectivity index (χ1) is 13.8. The Bertz CT molecular complexity index is 1090. The highest BCUT2D eigenvalue weighted by Gasteiger charge is 2.36. The van der Waals surface area contributed by atoms with E-state index in [9.17, 15) is 18.0 Å². The molecule has 0 bridgehead atoms. The van der Waals surface area contributed by atoms with E-state index in [2.05, 4.69) is 6.92 Å². The zero-order chi connectivity index (χ0) is 20.8. The van der Waals surface area contributed by atoms with Crippen molar-refractivity contribution in [2.75, 3.05) is 26.2 Å². The van der Waals surface area contributed by atoms with Gasteiger partial charge in [0.15, 0.2) is 5.58 Å². The van der Waals surface area contributed by atoms with Gasteiger partial charge in [0.25, 0.3) is 0 Å². The smallest absolute Gasteiger partial charge is 0.408 e. The molecule has 2 fully saturated rings. The summed E-state index contributed by atoms with van der Waals surface area (Å²) in [5, 5.41) is 0. The predicted octanol–water partition coefficient (Wildman–Crippen LogP) is 1.79. The molecule has 8 nitrogen and oxygen atoms in total. The predicted molar refractivity (Wildman–Crippen MR) is 108 cm³/mol. The molecule has 2 aromatic rings. The number of likely N-dealkylation sites (tertiary alicyclic amines) is 1. The van der Waals surface area contributed by atoms with Gasteiger partial charge in [0, 0.05) is 39.3 Å². The summed E-state index contributed by atoms with van der Waals surface area (Å²) in [7, 11) is -2.20. The van der Waals surface area contributed by atoms with Crippen molar-refractivity contribution in [3.05, 3.63) is 28.7 Å². The molecule has 0 unspecified atom stereocenters. The maximum absolute atomic E-state index is 13.2. The van der Waals surface area contributed by atoms with E-state index in [4.69, 9.17) is 4.42 Å². The Labute approximate surface area is 170 Å². The van der Waals surface area contributed by atoms with Crippen LogP contribution in [0.1, 0.15) is 32.6 Å². The lowest BCUT2D eigenvalue weighted by Gasteiger charge is -2.37. The van der Waals surface area contributed by atoms with Crippen molar-refractivity contribution in [2.24, 2.45) is 18.9 Å². The van der Waals surface area contributed by atoms with Crippen LogP contribution < -0.4 is 5.76 Å². The van der Waals surface area contributed by atoms with Crippen molar-refractivity contribution >= 4 is 27.0 Å². The number of hydrogen-bond acceptors (Lipinski definition) is 5. The molecule has 9 heteroatoms. The van der Waals surface area contributed by atoms with Crippen LogP contribution >= 0.6 is 0 Å². The van der Waals surface area contributed by atoms with Crippen molar-refractivity contribution in [1.82, 2.24) is 13.8 Å². The average molecular weight is 422 g/mol. The summed E-state index contributed by atoms with van der Waals surface area (Å²) in [4.78, 5) is 26.6. The first kappa shape index (κ1) is 20.2. The quantitative estimate of drug-likeness (QED) is 0.753. The van der Waals surface area contributed by atoms with Gasteiger partial charge >= 0.3 is 5.76 Å². The number of oxazole rings is 1. The van der Waals surface area contributed by atoms with Crippen molar-refractivity contribution in [1.29, 1.82) is 0 Å². The Morgan fingerprint density at radius 1 is 1.14 bits per heavy atom. The van der Waals surface area contributed by atoms with E-state index in [1.165, 1.54) is 21.0 Å². The van der Waals surface area contributed by atoms with Gasteiger partial charge in [0.1, 0.15) is 0 Å². The molecule has 3 heterocycles. The Morgan fingerprint density at radius 2 is 1.90 bits per heavy atom. The van der Waals surface area contributed by atoms with Crippen molar-refractivity contribution < 1.29 is 17.6 Å². The molecule has 0 radical (unpaired) electrons. The molecule has 158 valence electrons. The molecule has 2 aliphatic rings. The molecule has 4 rings (SSSR count). The van der Waals surface area contributed by atoms with Crippen LogP contribution in [0.5, 0.6) is 0 Å². The zero-order valence-electron chi connectivity index (χ0n) is 16.8. The largest absolute Gasteiger partial charge is 0.419 e. The number of piperidine rings is 2. The van der Waals surface area contributed by atoms with Crippen LogP contribution in [0.4, 0.5) is 0 Å². The van der Waals surface area contributed by atoms with E-state index in [0.29, 0.717) is 30.8 Å². The highest BCUT2D eigenvalue weighted by molar-refractivity contribution is 7.89. The summed E-state index contributed by atoms with van der Waals surface area (Å²) in [5.74, 6) is -0.277. The van der Waals surface area contributed by atoms with Gasteiger partial charge < -0.3 is 9.32 Å². The number of aromatic nitrogens is 1. The molecular formula is C20H27N3O5S. The molecule has 2 atom stereocenters. The second-order valence-corrected chi connectivity index (χ2v) is 10.2. The van der Waals surface area contributed by atoms with Crippen LogP contribution in [-0.2, 0) is 21.9 Å². The van der Waals surface area contributed by atoms with E-state index in [1.807, 2.05) is 4.90 Å². The third-order valence-electron chi connectivity index (χ3n) is 6.10. The maximum atomic E-state index is 13.2. The lowest BCUT2D eigenvalue weighted by Crippen LogP contribution is -2.48. The maximum Gasteiger partial charge on any atom is 0.419 e. The molecule has 29 heavy (non-hydrogen) atoms. The number of rotatable bonds is 3. The SMILES string of the molecule is C[C@@H]1CCCN(C(=O)[C@@H]2CCCN(S(=O)(=O)c3ccc4c(c3)oc(=O)n4C)C2)C1. The zero-order valence-corrected chi connectivity index (χ0v) is 17.7. The number of carbonyl (C=O) groups is 1. The lowest BCUT2D eigenvalue weighted by molar-refractivity contribution is -0.138. The van der Waals surface area contributed by atoms with E-state index in [1.54, 1.807) is 13.1 Å². The van der Waals surface area contributed by atoms with Crippen LogP contribution in [0.3, 0.4) is 0 Å². The van der Waals surface area contributed by atoms with E-state index in [-0.39, 0.29) is 28.8 Å². The number of hydrogen-bond donors (Lipinski definition) is 0. The van der Waals surface area contributed by atoms with E-state index >= 15 is 0 Å². The standard InChI is InChI=1S/C20H27N3O5S/c1-14-5-3-9-22(12-14)19(24)15-6-4-10-23(13-15)29(26,27)16-7-8-17-18(11-16)28-20(25)21(17)2/h7-8,11,14-15H,3-6,9-10,12-13H2,1-2H3/t14-,15-/m1/s1. The number of nitrogens with zero attached hydrogens (tertiary/aromatic N) is 3. The molecular weight excluding hydrogens is 394 g/mol. The third kappa shape index (κ3) is 3.73. The highest BCUT2D eigenvalue weighted by Crippen LogP contribution is 2.28. The Morgan fingerprint density at radius 3 is 2.66 bits per heavy atom. The molecule has 1 aromatic carbocycles. The van der Waals surface area contributed by atoms with Crippen LogP contribution in [-0.4, -0.2) is 54.3 Å². The fourth-order valence-electron chi connectivity index (χ4n) is 4.43. The van der Waals surface area contributed by atoms with Crippen LogP contribution in [0.2, 0.25) is 0 Å². The summed E-state index contributed by atoms with van der Waals surface area (Å²) in [6.07, 6.45) is 3.50. The first-order valence-electron chi connectivity index (χ1n) is 10.2. The molecule has 2 aliphatic heterocycles. The fourth-order valence-corrected chi connectivity index (χ4v) is 5.97. The molecule has 0 spiro atoms. The van der Waals surface area contributed by atoms with Crippen molar-refractivity contribution in [3.8, 4) is 0 Å². The molecule has 2 saturated heterocycles. The fraction of sp³-hybridized carbons (Fsp3) is 0.600. The molecule has 0 saturated carbocycles. The van der Waals surface area contributed by atoms with Crippen molar-refractivity contribution in [3.63, 3.8) is 0 Å². The summed E-state index contributed by atoms with van der Waals surface area (Å²) in [6.45, 7) is 4.25. The van der Waals surface area contributed by atoms with Gasteiger partial charge in [-0.3, -0.25) is 9.36 Å². The topological polar surface area (TPSA) is 92.8 Å². The molecule has 1 aromatic heterocycles. The molecule has 0 aliphatic carbocycles. The van der Waals surface area contributed by atoms with Gasteiger partial charge in [0.2, 0.25) is 15.9 Å². The van der Waals surface area contributed by atoms with E-state index in [0.717, 1.165) is 25.9 Å². The van der Waals surface area contributed by atoms with Gasteiger partial charge in [-0.2, -0.15) is 4.31 Å². The monoisotopic (exact) mass is 421 g/mol. The second-order valence-electron chi connectivity index (χ2n) is 8.29. The molecule has 0 N–H and O–H groups in total. The number of amides is 1. The highest BCUT2D eigenvalue weighted by atomic mass is 32.2. The Hall–Kier alpha value is -2.13. The minimum atomic E-state index is -3.77. The van der Waals surface area contributed by atoms with Crippen LogP contribution in [0.15, 0.2) is 32.3 Å². The minimum Gasteiger partial charge on any atom is -0.408 e. The first-order valence-corrected chi connectivity index (χ1v) is 11.6. The third-order valence-corrected chi connectivity index (χ3v) is 7.96. The summed E-state index contributed by atoms with van der Waals surface area (Å²) < 4.78 is 34.3. The van der Waals surface area contributed by atoms with Crippen LogP contribution in [0, 0.1) is 11.8 Å². The van der Waals surface area contributed by atoms with Crippen LogP contribution in [0.25, 0.3) is 11.1 Å². The Kier molecular flexibility index (Phi) is 5.29. The van der Waals surface area contributed by atoms with Gasteiger partial charge in [-0.25, -0.2) is 13.2 Å². The van der Waals surface area contributed by atoms with Gasteiger partial charge in [-0.1, -0.05) is 6.92 Å². The Balaban J connectivity index is 1.55. The number of aryl methyl sites for hydroxylation is 1. The van der Waals surface area contributed by atoms with Crippen molar-refractivity contribution in [2.45, 2.75) is 37.5 Å². The average Bonchev–Trinajstić information content (AvgIpc) is 3.00. The summed E-state index contributed by atoms with van der Waals surface area (Å²) in [6, 6.07) is 4.46. The number of fused-ring (bicyclic) bond motifs is 1. The number of benzene rings is 1. The lowest BCUT2D eigenvalue weighted by atomic mass is 9.94. The van der Waals surface area contributed by atoms with Gasteiger partial charge in [-0.05, 0) is 43.7 Å². The minimum absolute atomic E-state index is 0.0703. The molecule has 1 amide bonds. The number of carbonyl (C=O) groups excluding carboxylic acids is 1. The van der Waals surface area contributed by atoms with Gasteiger partial charge in [0.05, 0.1) is 16.3 Å². The number of sulfonamides is 1. The summed E-state index contributed by atoms with van der Waals surface area (Å²) in [5.41, 5.74) is 0.783. The van der Waals surface area contributed by atoms with E-state index < -0.39 is 15.8 Å².